The highest BCUT2D eigenvalue weighted by Crippen LogP contribution is 2.38. The molecule has 0 fully saturated rings. The third-order valence-corrected chi connectivity index (χ3v) is 7.23. The second-order valence-electron chi connectivity index (χ2n) is 9.73. The second kappa shape index (κ2) is 11.6. The van der Waals surface area contributed by atoms with Crippen molar-refractivity contribution in [2.24, 2.45) is 0 Å². The maximum atomic E-state index is 6.71. The van der Waals surface area contributed by atoms with Gasteiger partial charge >= 0.3 is 0 Å². The zero-order valence-electron chi connectivity index (χ0n) is 23.2. The number of nitrogens with zero attached hydrogens (tertiary/aromatic N) is 8. The number of hydrogen-bond acceptors (Lipinski definition) is 9. The van der Waals surface area contributed by atoms with Gasteiger partial charge in [-0.15, -0.1) is 0 Å². The first kappa shape index (κ1) is 29.2. The molecule has 0 bridgehead atoms. The molecule has 0 aliphatic rings. The Bertz CT molecular complexity index is 1800. The second-order valence-corrected chi connectivity index (χ2v) is 11.5. The van der Waals surface area contributed by atoms with Crippen molar-refractivity contribution in [2.45, 2.75) is 40.5 Å². The number of benzene rings is 2. The quantitative estimate of drug-likeness (QED) is 0.162. The van der Waals surface area contributed by atoms with Gasteiger partial charge in [0.2, 0.25) is 11.8 Å². The van der Waals surface area contributed by atoms with E-state index in [-0.39, 0.29) is 12.8 Å². The van der Waals surface area contributed by atoms with Gasteiger partial charge in [0.15, 0.2) is 23.1 Å². The Morgan fingerprint density at radius 3 is 1.30 bits per heavy atom. The van der Waals surface area contributed by atoms with E-state index in [9.17, 15) is 0 Å². The van der Waals surface area contributed by atoms with Crippen LogP contribution in [0.3, 0.4) is 0 Å². The van der Waals surface area contributed by atoms with Crippen LogP contribution in [0.1, 0.15) is 46.2 Å². The molecule has 2 aromatic carbocycles. The molecule has 0 saturated carbocycles. The van der Waals surface area contributed by atoms with Crippen LogP contribution in [0.25, 0.3) is 11.4 Å². The molecule has 6 rings (SSSR count). The highest BCUT2D eigenvalue weighted by atomic mass is 35.5. The number of rotatable bonds is 8. The largest absolute Gasteiger partial charge is 0.450 e. The van der Waals surface area contributed by atoms with Crippen LogP contribution in [0.2, 0.25) is 20.1 Å². The van der Waals surface area contributed by atoms with Crippen LogP contribution in [0.4, 0.5) is 0 Å². The van der Waals surface area contributed by atoms with E-state index >= 15 is 0 Å². The van der Waals surface area contributed by atoms with Crippen LogP contribution in [0.15, 0.2) is 45.4 Å². The molecule has 11 nitrogen and oxygen atoms in total. The van der Waals surface area contributed by atoms with Crippen molar-refractivity contribution in [3.63, 3.8) is 0 Å². The van der Waals surface area contributed by atoms with Gasteiger partial charge in [-0.25, -0.2) is 9.36 Å². The van der Waals surface area contributed by atoms with E-state index < -0.39 is 0 Å². The van der Waals surface area contributed by atoms with Crippen molar-refractivity contribution in [3.05, 3.63) is 103 Å². The van der Waals surface area contributed by atoms with E-state index in [2.05, 4.69) is 20.3 Å². The highest BCUT2D eigenvalue weighted by Gasteiger charge is 2.27. The molecule has 0 spiro atoms. The lowest BCUT2D eigenvalue weighted by atomic mass is 10.2. The Kier molecular flexibility index (Phi) is 7.91. The van der Waals surface area contributed by atoms with E-state index in [1.54, 1.807) is 59.6 Å². The summed E-state index contributed by atoms with van der Waals surface area (Å²) in [6.45, 7) is 7.15. The maximum Gasteiger partial charge on any atom is 0.232 e. The van der Waals surface area contributed by atoms with Gasteiger partial charge in [-0.05, 0) is 64.1 Å². The molecule has 0 aliphatic heterocycles. The minimum atomic E-state index is 0.205. The molecule has 0 unspecified atom stereocenters. The first-order valence-corrected chi connectivity index (χ1v) is 14.4. The summed E-state index contributed by atoms with van der Waals surface area (Å²) < 4.78 is 21.0. The number of hydrogen-bond donors (Lipinski definition) is 0. The Morgan fingerprint density at radius 1 is 0.605 bits per heavy atom. The summed E-state index contributed by atoms with van der Waals surface area (Å²) in [5, 5.41) is 19.2. The van der Waals surface area contributed by atoms with Crippen LogP contribution in [-0.4, -0.2) is 39.8 Å². The fourth-order valence-electron chi connectivity index (χ4n) is 4.66. The lowest BCUT2D eigenvalue weighted by Gasteiger charge is -2.12. The van der Waals surface area contributed by atoms with Crippen molar-refractivity contribution in [3.8, 4) is 22.9 Å². The summed E-state index contributed by atoms with van der Waals surface area (Å²) in [6, 6.07) is 10.3. The van der Waals surface area contributed by atoms with Crippen molar-refractivity contribution in [1.82, 2.24) is 39.8 Å². The molecule has 0 atom stereocenters. The fourth-order valence-corrected chi connectivity index (χ4v) is 5.69. The number of aryl methyl sites for hydroxylation is 4. The van der Waals surface area contributed by atoms with Gasteiger partial charge in [0.25, 0.3) is 0 Å². The van der Waals surface area contributed by atoms with Gasteiger partial charge in [0.1, 0.15) is 11.4 Å². The van der Waals surface area contributed by atoms with E-state index in [4.69, 9.17) is 70.4 Å². The maximum absolute atomic E-state index is 6.71. The van der Waals surface area contributed by atoms with E-state index in [1.807, 2.05) is 13.8 Å². The standard InChI is InChI=1S/C28H22Cl4N8O3/c1-13-27(23(11-25-33-15(3)37-42-25)39(35-13)21-7-17(29)5-18(30)8-21)41-28-14(2)36-40(22-9-19(31)6-20(32)10-22)24(28)12-26-34-16(4)38-43-26/h5-10H,11-12H2,1-4H3. The number of halogens is 4. The van der Waals surface area contributed by atoms with Crippen molar-refractivity contribution < 1.29 is 13.8 Å². The topological polar surface area (TPSA) is 123 Å². The summed E-state index contributed by atoms with van der Waals surface area (Å²) in [6.07, 6.45) is 0.410. The minimum Gasteiger partial charge on any atom is -0.450 e. The smallest absolute Gasteiger partial charge is 0.232 e. The predicted octanol–water partition coefficient (Wildman–Crippen LogP) is 7.65. The summed E-state index contributed by atoms with van der Waals surface area (Å²) in [4.78, 5) is 8.78. The van der Waals surface area contributed by atoms with Gasteiger partial charge in [0.05, 0.1) is 35.6 Å². The summed E-state index contributed by atoms with van der Waals surface area (Å²) in [7, 11) is 0. The average molecular weight is 660 g/mol. The SMILES string of the molecule is Cc1noc(Cc2c(Oc3c(C)nn(-c4cc(Cl)cc(Cl)c4)c3Cc3nc(C)no3)c(C)nn2-c2cc(Cl)cc(Cl)c2)n1. The molecule has 15 heteroatoms. The zero-order chi connectivity index (χ0) is 30.4. The molecule has 0 saturated heterocycles. The molecule has 6 aromatic rings. The van der Waals surface area contributed by atoms with Crippen LogP contribution in [-0.2, 0) is 12.8 Å². The normalized spacial score (nSPS) is 11.4. The molecule has 4 heterocycles. The third-order valence-electron chi connectivity index (χ3n) is 6.36. The monoisotopic (exact) mass is 658 g/mol. The summed E-state index contributed by atoms with van der Waals surface area (Å²) in [5.41, 5.74) is 3.67. The lowest BCUT2D eigenvalue weighted by molar-refractivity contribution is 0.375. The van der Waals surface area contributed by atoms with Gasteiger partial charge in [0, 0.05) is 20.1 Å². The van der Waals surface area contributed by atoms with Crippen LogP contribution < -0.4 is 4.74 Å². The first-order valence-electron chi connectivity index (χ1n) is 12.9. The molecule has 0 aliphatic carbocycles. The van der Waals surface area contributed by atoms with Gasteiger partial charge in [-0.2, -0.15) is 20.2 Å². The Morgan fingerprint density at radius 2 is 0.977 bits per heavy atom. The fraction of sp³-hybridized carbons (Fsp3) is 0.214. The van der Waals surface area contributed by atoms with Crippen LogP contribution in [0.5, 0.6) is 11.5 Å². The minimum absolute atomic E-state index is 0.205. The molecule has 0 radical (unpaired) electrons. The highest BCUT2D eigenvalue weighted by molar-refractivity contribution is 6.35. The molecule has 0 N–H and O–H groups in total. The Hall–Kier alpha value is -3.90. The lowest BCUT2D eigenvalue weighted by Crippen LogP contribution is -2.06. The van der Waals surface area contributed by atoms with Gasteiger partial charge in [-0.3, -0.25) is 0 Å². The van der Waals surface area contributed by atoms with Crippen molar-refractivity contribution in [1.29, 1.82) is 0 Å². The molecule has 0 amide bonds. The summed E-state index contributed by atoms with van der Waals surface area (Å²) in [5.74, 6) is 2.67. The molecule has 4 aromatic heterocycles. The zero-order valence-corrected chi connectivity index (χ0v) is 26.2. The summed E-state index contributed by atoms with van der Waals surface area (Å²) >= 11 is 25.4. The van der Waals surface area contributed by atoms with E-state index in [0.29, 0.717) is 89.2 Å². The molecular formula is C28H22Cl4N8O3. The predicted molar refractivity (Wildman–Crippen MR) is 160 cm³/mol. The molecule has 220 valence electrons. The number of aromatic nitrogens is 8. The number of ether oxygens (including phenoxy) is 1. The van der Waals surface area contributed by atoms with E-state index in [0.717, 1.165) is 0 Å². The van der Waals surface area contributed by atoms with Crippen molar-refractivity contribution >= 4 is 46.4 Å². The Balaban J connectivity index is 1.52. The van der Waals surface area contributed by atoms with Crippen LogP contribution >= 0.6 is 46.4 Å². The molecular weight excluding hydrogens is 638 g/mol. The average Bonchev–Trinajstić information content (AvgIpc) is 3.68. The first-order chi connectivity index (χ1) is 20.5. The van der Waals surface area contributed by atoms with Crippen molar-refractivity contribution in [2.75, 3.05) is 0 Å². The third kappa shape index (κ3) is 6.12. The van der Waals surface area contributed by atoms with Crippen LogP contribution in [0, 0.1) is 27.7 Å². The molecule has 43 heavy (non-hydrogen) atoms. The van der Waals surface area contributed by atoms with Gasteiger partial charge in [-0.1, -0.05) is 56.7 Å². The van der Waals surface area contributed by atoms with Gasteiger partial charge < -0.3 is 13.8 Å². The van der Waals surface area contributed by atoms with E-state index in [1.165, 1.54) is 0 Å². The Labute approximate surface area is 265 Å².